The lowest BCUT2D eigenvalue weighted by Gasteiger charge is -2.53. The molecule has 4 aliphatic carbocycles. The first-order valence-electron chi connectivity index (χ1n) is 8.77. The van der Waals surface area contributed by atoms with E-state index in [1.54, 1.807) is 0 Å². The molecule has 4 rings (SSSR count). The van der Waals surface area contributed by atoms with E-state index in [0.29, 0.717) is 30.1 Å². The number of nitrogens with two attached hydrogens (primary N) is 1. The normalized spacial score (nSPS) is 56.2. The van der Waals surface area contributed by atoms with Gasteiger partial charge in [0.1, 0.15) is 6.17 Å². The quantitative estimate of drug-likeness (QED) is 0.674. The molecule has 0 aromatic rings. The van der Waals surface area contributed by atoms with Crippen LogP contribution >= 0.6 is 0 Å². The van der Waals surface area contributed by atoms with E-state index < -0.39 is 6.17 Å². The summed E-state index contributed by atoms with van der Waals surface area (Å²) in [6, 6.07) is -0.262. The summed E-state index contributed by atoms with van der Waals surface area (Å²) in [5.41, 5.74) is 7.73. The Kier molecular flexibility index (Phi) is 3.24. The fourth-order valence-electron chi connectivity index (χ4n) is 6.26. The summed E-state index contributed by atoms with van der Waals surface area (Å²) in [5, 5.41) is 9.90. The molecule has 2 nitrogen and oxygen atoms in total. The third-order valence-corrected chi connectivity index (χ3v) is 7.49. The zero-order valence-electron chi connectivity index (χ0n) is 13.0. The van der Waals surface area contributed by atoms with E-state index in [1.807, 2.05) is 0 Å². The Balaban J connectivity index is 1.63. The van der Waals surface area contributed by atoms with Gasteiger partial charge in [-0.3, -0.25) is 0 Å². The Morgan fingerprint density at radius 1 is 1.29 bits per heavy atom. The summed E-state index contributed by atoms with van der Waals surface area (Å²) >= 11 is 0. The van der Waals surface area contributed by atoms with Gasteiger partial charge >= 0.3 is 0 Å². The predicted octanol–water partition coefficient (Wildman–Crippen LogP) is 3.20. The summed E-state index contributed by atoms with van der Waals surface area (Å²) in [7, 11) is 0. The van der Waals surface area contributed by atoms with Gasteiger partial charge in [-0.15, -0.1) is 0 Å². The highest BCUT2D eigenvalue weighted by molar-refractivity contribution is 5.21. The van der Waals surface area contributed by atoms with Crippen molar-refractivity contribution in [3.63, 3.8) is 0 Å². The van der Waals surface area contributed by atoms with Gasteiger partial charge in [0, 0.05) is 6.04 Å². The Labute approximate surface area is 127 Å². The Hall–Kier alpha value is -0.410. The molecule has 0 aromatic carbocycles. The molecular weight excluding hydrogens is 265 g/mol. The maximum absolute atomic E-state index is 14.2. The summed E-state index contributed by atoms with van der Waals surface area (Å²) in [4.78, 5) is 0. The molecule has 0 amide bonds. The lowest BCUT2D eigenvalue weighted by Crippen LogP contribution is -2.50. The Bertz CT molecular complexity index is 464. The van der Waals surface area contributed by atoms with Crippen molar-refractivity contribution in [3.8, 4) is 0 Å². The molecule has 3 heteroatoms. The van der Waals surface area contributed by atoms with E-state index >= 15 is 0 Å². The topological polar surface area (TPSA) is 46.2 Å². The van der Waals surface area contributed by atoms with Crippen molar-refractivity contribution in [2.75, 3.05) is 0 Å². The molecule has 0 unspecified atom stereocenters. The number of halogens is 1. The van der Waals surface area contributed by atoms with Gasteiger partial charge < -0.3 is 10.8 Å². The highest BCUT2D eigenvalue weighted by atomic mass is 19.1. The minimum atomic E-state index is -0.808. The highest BCUT2D eigenvalue weighted by Gasteiger charge is 2.58. The Morgan fingerprint density at radius 2 is 2.10 bits per heavy atom. The first-order chi connectivity index (χ1) is 10.0. The molecule has 0 aromatic heterocycles. The second-order valence-corrected chi connectivity index (χ2v) is 8.31. The molecule has 21 heavy (non-hydrogen) atoms. The van der Waals surface area contributed by atoms with Crippen LogP contribution in [0.3, 0.4) is 0 Å². The largest absolute Gasteiger partial charge is 0.393 e. The minimum Gasteiger partial charge on any atom is -0.393 e. The van der Waals surface area contributed by atoms with Crippen molar-refractivity contribution >= 4 is 0 Å². The first-order valence-corrected chi connectivity index (χ1v) is 8.77. The number of hydrogen-bond donors (Lipinski definition) is 2. The van der Waals surface area contributed by atoms with Crippen LogP contribution in [-0.2, 0) is 0 Å². The second-order valence-electron chi connectivity index (χ2n) is 8.31. The zero-order valence-corrected chi connectivity index (χ0v) is 13.0. The van der Waals surface area contributed by atoms with Crippen LogP contribution in [0.25, 0.3) is 0 Å². The lowest BCUT2D eigenvalue weighted by atomic mass is 9.52. The molecule has 8 atom stereocenters. The fraction of sp³-hybridized carbons (Fsp3) is 0.889. The van der Waals surface area contributed by atoms with Crippen LogP contribution in [-0.4, -0.2) is 23.4 Å². The fourth-order valence-corrected chi connectivity index (χ4v) is 6.26. The monoisotopic (exact) mass is 293 g/mol. The molecule has 3 fully saturated rings. The number of rotatable bonds is 0. The molecule has 0 saturated heterocycles. The standard InChI is InChI=1S/C18H28FNO/c1-18-7-6-13-12-5-3-11(21)8-10(12)2-4-14(13)15(18)9-16(19)17(18)20/h2,11-17,21H,3-9,20H2,1H3/t11-,12+,13-,14-,15+,16-,17+,18+/m1/s1. The molecule has 0 spiro atoms. The molecule has 0 radical (unpaired) electrons. The lowest BCUT2D eigenvalue weighted by molar-refractivity contribution is -0.00495. The van der Waals surface area contributed by atoms with Crippen molar-refractivity contribution in [1.82, 2.24) is 0 Å². The van der Waals surface area contributed by atoms with Crippen molar-refractivity contribution in [2.24, 2.45) is 34.8 Å². The summed E-state index contributed by atoms with van der Waals surface area (Å²) in [5.74, 6) is 2.46. The number of hydrogen-bond acceptors (Lipinski definition) is 2. The van der Waals surface area contributed by atoms with Gasteiger partial charge in [0.15, 0.2) is 0 Å². The van der Waals surface area contributed by atoms with Gasteiger partial charge in [-0.05, 0) is 74.0 Å². The summed E-state index contributed by atoms with van der Waals surface area (Å²) in [6.45, 7) is 2.24. The third-order valence-electron chi connectivity index (χ3n) is 7.49. The maximum Gasteiger partial charge on any atom is 0.116 e. The molecule has 0 heterocycles. The van der Waals surface area contributed by atoms with Gasteiger partial charge in [-0.1, -0.05) is 18.6 Å². The van der Waals surface area contributed by atoms with Crippen LogP contribution in [0.2, 0.25) is 0 Å². The van der Waals surface area contributed by atoms with Crippen LogP contribution in [0.15, 0.2) is 11.6 Å². The summed E-state index contributed by atoms with van der Waals surface area (Å²) in [6.07, 6.45) is 8.45. The second kappa shape index (κ2) is 4.79. The molecule has 4 aliphatic rings. The molecule has 0 aliphatic heterocycles. The SMILES string of the molecule is C[C@]12CC[C@H]3[C@@H](CC=C4C[C@H](O)CC[C@@H]43)[C@@H]1C[C@@H](F)[C@@H]2N. The number of aliphatic hydroxyl groups excluding tert-OH is 1. The Morgan fingerprint density at radius 3 is 2.90 bits per heavy atom. The number of fused-ring (bicyclic) bond motifs is 5. The first kappa shape index (κ1) is 14.2. The van der Waals surface area contributed by atoms with E-state index in [0.717, 1.165) is 32.1 Å². The molecule has 3 saturated carbocycles. The van der Waals surface area contributed by atoms with E-state index in [-0.39, 0.29) is 17.6 Å². The number of alkyl halides is 1. The van der Waals surface area contributed by atoms with Crippen LogP contribution in [0.5, 0.6) is 0 Å². The van der Waals surface area contributed by atoms with Gasteiger partial charge in [0.05, 0.1) is 6.10 Å². The van der Waals surface area contributed by atoms with Crippen molar-refractivity contribution in [2.45, 2.75) is 70.2 Å². The van der Waals surface area contributed by atoms with Crippen LogP contribution in [0, 0.1) is 29.1 Å². The number of aliphatic hydroxyl groups is 1. The predicted molar refractivity (Wildman–Crippen MR) is 81.3 cm³/mol. The van der Waals surface area contributed by atoms with Crippen molar-refractivity contribution in [3.05, 3.63) is 11.6 Å². The maximum atomic E-state index is 14.2. The van der Waals surface area contributed by atoms with Crippen LogP contribution < -0.4 is 5.73 Å². The highest BCUT2D eigenvalue weighted by Crippen LogP contribution is 2.61. The minimum absolute atomic E-state index is 0.0140. The molecule has 118 valence electrons. The van der Waals surface area contributed by atoms with E-state index in [1.165, 1.54) is 12.0 Å². The third kappa shape index (κ3) is 1.96. The van der Waals surface area contributed by atoms with E-state index in [4.69, 9.17) is 5.73 Å². The van der Waals surface area contributed by atoms with Gasteiger partial charge in [0.2, 0.25) is 0 Å². The van der Waals surface area contributed by atoms with Crippen molar-refractivity contribution in [1.29, 1.82) is 0 Å². The molecule has 3 N–H and O–H groups in total. The van der Waals surface area contributed by atoms with Gasteiger partial charge in [-0.25, -0.2) is 4.39 Å². The van der Waals surface area contributed by atoms with Gasteiger partial charge in [0.25, 0.3) is 0 Å². The van der Waals surface area contributed by atoms with Crippen LogP contribution in [0.1, 0.15) is 51.9 Å². The van der Waals surface area contributed by atoms with Crippen LogP contribution in [0.4, 0.5) is 4.39 Å². The van der Waals surface area contributed by atoms with Gasteiger partial charge in [-0.2, -0.15) is 0 Å². The molecule has 0 bridgehead atoms. The van der Waals surface area contributed by atoms with E-state index in [9.17, 15) is 9.50 Å². The zero-order chi connectivity index (χ0) is 14.8. The number of allylic oxidation sites excluding steroid dienone is 1. The average Bonchev–Trinajstić information content (AvgIpc) is 2.70. The van der Waals surface area contributed by atoms with E-state index in [2.05, 4.69) is 13.0 Å². The smallest absolute Gasteiger partial charge is 0.116 e. The van der Waals surface area contributed by atoms with Crippen molar-refractivity contribution < 1.29 is 9.50 Å². The molecular formula is C18H28FNO. The average molecular weight is 293 g/mol. The summed E-state index contributed by atoms with van der Waals surface area (Å²) < 4.78 is 14.2.